The van der Waals surface area contributed by atoms with Crippen molar-refractivity contribution in [2.24, 2.45) is 0 Å². The molecule has 0 fully saturated rings. The molecule has 0 radical (unpaired) electrons. The van der Waals surface area contributed by atoms with Crippen LogP contribution >= 0.6 is 18.5 Å². The molecule has 0 aliphatic rings. The van der Waals surface area contributed by atoms with Gasteiger partial charge in [0.2, 0.25) is 0 Å². The van der Waals surface area contributed by atoms with E-state index >= 15 is 0 Å². The lowest BCUT2D eigenvalue weighted by Crippen LogP contribution is -2.09. The summed E-state index contributed by atoms with van der Waals surface area (Å²) in [7, 11) is -0.426. The highest BCUT2D eigenvalue weighted by molar-refractivity contribution is 7.84. The molecule has 0 N–H and O–H groups in total. The van der Waals surface area contributed by atoms with Crippen molar-refractivity contribution >= 4 is 18.5 Å². The maximum Gasteiger partial charge on any atom is 0.00706 e. The van der Waals surface area contributed by atoms with Gasteiger partial charge < -0.3 is 0 Å². The van der Waals surface area contributed by atoms with Gasteiger partial charge in [-0.05, 0) is 10.7 Å². The Bertz CT molecular complexity index is 251. The van der Waals surface area contributed by atoms with E-state index in [9.17, 15) is 0 Å². The lowest BCUT2D eigenvalue weighted by Gasteiger charge is -2.25. The summed E-state index contributed by atoms with van der Waals surface area (Å²) in [5, 5.41) is 0.243. The summed E-state index contributed by atoms with van der Waals surface area (Å²) in [6, 6.07) is 10.5. The van der Waals surface area contributed by atoms with E-state index in [-0.39, 0.29) is 5.16 Å². The molecule has 0 aromatic heterocycles. The van der Waals surface area contributed by atoms with Gasteiger partial charge in [0.05, 0.1) is 0 Å². The topological polar surface area (TPSA) is 0 Å². The summed E-state index contributed by atoms with van der Waals surface area (Å²) >= 11 is 6.36. The predicted octanol–water partition coefficient (Wildman–Crippen LogP) is 4.62. The molecule has 0 heterocycles. The minimum atomic E-state index is -0.426. The van der Waals surface area contributed by atoms with Crippen LogP contribution in [0.15, 0.2) is 30.3 Å². The predicted molar refractivity (Wildman–Crippen MR) is 62.7 cm³/mol. The lowest BCUT2D eigenvalue weighted by molar-refractivity contribution is 0.788. The van der Waals surface area contributed by atoms with Crippen LogP contribution in [-0.4, -0.2) is 5.16 Å². The molecule has 0 spiro atoms. The monoisotopic (exact) mass is 214 g/mol. The quantitative estimate of drug-likeness (QED) is 0.630. The second-order valence-corrected chi connectivity index (χ2v) is 7.78. The van der Waals surface area contributed by atoms with Crippen molar-refractivity contribution in [3.8, 4) is 0 Å². The maximum atomic E-state index is 6.36. The number of rotatable bonds is 2. The fourth-order valence-electron chi connectivity index (χ4n) is 0.981. The molecule has 1 rings (SSSR count). The van der Waals surface area contributed by atoms with E-state index in [2.05, 4.69) is 45.0 Å². The third kappa shape index (κ3) is 3.67. The Balaban J connectivity index is 2.61. The van der Waals surface area contributed by atoms with E-state index in [0.29, 0.717) is 0 Å². The second kappa shape index (κ2) is 4.44. The van der Waals surface area contributed by atoms with Crippen LogP contribution in [0.2, 0.25) is 0 Å². The summed E-state index contributed by atoms with van der Waals surface area (Å²) in [4.78, 5) is 0. The van der Waals surface area contributed by atoms with E-state index in [1.165, 1.54) is 5.56 Å². The standard InChI is InChI=1S/C11H16ClP/c1-11(2,3)13(12)9-10-7-5-4-6-8-10/h4-8H,9H2,1-3H3. The van der Waals surface area contributed by atoms with Gasteiger partial charge in [0.25, 0.3) is 0 Å². The smallest absolute Gasteiger partial charge is 0.00706 e. The summed E-state index contributed by atoms with van der Waals surface area (Å²) in [6.45, 7) is 6.61. The van der Waals surface area contributed by atoms with Gasteiger partial charge in [-0.1, -0.05) is 62.3 Å². The lowest BCUT2D eigenvalue weighted by atomic mass is 10.2. The first-order valence-corrected chi connectivity index (χ1v) is 6.91. The van der Waals surface area contributed by atoms with Crippen molar-refractivity contribution in [1.29, 1.82) is 0 Å². The molecule has 0 bridgehead atoms. The van der Waals surface area contributed by atoms with Gasteiger partial charge in [-0.15, -0.1) is 0 Å². The molecule has 0 amide bonds. The Morgan fingerprint density at radius 1 is 1.15 bits per heavy atom. The fourth-order valence-corrected chi connectivity index (χ4v) is 2.40. The van der Waals surface area contributed by atoms with Gasteiger partial charge in [0.15, 0.2) is 0 Å². The highest BCUT2D eigenvalue weighted by atomic mass is 35.7. The fraction of sp³-hybridized carbons (Fsp3) is 0.455. The maximum absolute atomic E-state index is 6.36. The van der Waals surface area contributed by atoms with E-state index in [1.54, 1.807) is 0 Å². The zero-order chi connectivity index (χ0) is 9.90. The van der Waals surface area contributed by atoms with E-state index in [1.807, 2.05) is 6.07 Å². The normalized spacial score (nSPS) is 14.2. The molecule has 1 unspecified atom stereocenters. The average Bonchev–Trinajstić information content (AvgIpc) is 2.04. The van der Waals surface area contributed by atoms with Crippen LogP contribution in [0.25, 0.3) is 0 Å². The van der Waals surface area contributed by atoms with Gasteiger partial charge in [-0.25, -0.2) is 0 Å². The van der Waals surface area contributed by atoms with Crippen LogP contribution in [0.4, 0.5) is 0 Å². The zero-order valence-electron chi connectivity index (χ0n) is 8.42. The second-order valence-electron chi connectivity index (χ2n) is 4.18. The Morgan fingerprint density at radius 3 is 2.15 bits per heavy atom. The number of benzene rings is 1. The molecule has 72 valence electrons. The Morgan fingerprint density at radius 2 is 1.69 bits per heavy atom. The van der Waals surface area contributed by atoms with Crippen molar-refractivity contribution in [3.05, 3.63) is 35.9 Å². The largest absolute Gasteiger partial charge is 0.0955 e. The van der Waals surface area contributed by atoms with E-state index in [0.717, 1.165) is 6.16 Å². The minimum absolute atomic E-state index is 0.243. The molecule has 0 aliphatic heterocycles. The summed E-state index contributed by atoms with van der Waals surface area (Å²) < 4.78 is 0. The van der Waals surface area contributed by atoms with Gasteiger partial charge in [0.1, 0.15) is 0 Å². The molecule has 1 aromatic rings. The molecule has 2 heteroatoms. The zero-order valence-corrected chi connectivity index (χ0v) is 10.1. The summed E-state index contributed by atoms with van der Waals surface area (Å²) in [6.07, 6.45) is 1.02. The Kier molecular flexibility index (Phi) is 3.76. The van der Waals surface area contributed by atoms with Crippen molar-refractivity contribution < 1.29 is 0 Å². The van der Waals surface area contributed by atoms with Crippen LogP contribution in [0, 0.1) is 0 Å². The molecule has 1 atom stereocenters. The molecule has 0 aliphatic carbocycles. The molecular weight excluding hydrogens is 199 g/mol. The Labute approximate surface area is 86.9 Å². The minimum Gasteiger partial charge on any atom is -0.0955 e. The van der Waals surface area contributed by atoms with Gasteiger partial charge in [0, 0.05) is 13.4 Å². The van der Waals surface area contributed by atoms with Gasteiger partial charge >= 0.3 is 0 Å². The average molecular weight is 215 g/mol. The van der Waals surface area contributed by atoms with Crippen LogP contribution in [0.3, 0.4) is 0 Å². The molecular formula is C11H16ClP. The van der Waals surface area contributed by atoms with Crippen molar-refractivity contribution in [3.63, 3.8) is 0 Å². The highest BCUT2D eigenvalue weighted by Gasteiger charge is 2.21. The van der Waals surface area contributed by atoms with Crippen LogP contribution in [0.5, 0.6) is 0 Å². The summed E-state index contributed by atoms with van der Waals surface area (Å²) in [5.74, 6) is 0. The first-order valence-electron chi connectivity index (χ1n) is 4.47. The van der Waals surface area contributed by atoms with E-state index in [4.69, 9.17) is 11.2 Å². The molecule has 0 nitrogen and oxygen atoms in total. The molecule has 0 saturated carbocycles. The third-order valence-corrected chi connectivity index (χ3v) is 5.87. The molecule has 1 aromatic carbocycles. The third-order valence-electron chi connectivity index (χ3n) is 1.89. The van der Waals surface area contributed by atoms with Crippen molar-refractivity contribution in [2.75, 3.05) is 0 Å². The van der Waals surface area contributed by atoms with Crippen LogP contribution in [-0.2, 0) is 6.16 Å². The van der Waals surface area contributed by atoms with Crippen LogP contribution < -0.4 is 0 Å². The van der Waals surface area contributed by atoms with E-state index < -0.39 is 7.27 Å². The molecule has 13 heavy (non-hydrogen) atoms. The van der Waals surface area contributed by atoms with Gasteiger partial charge in [-0.3, -0.25) is 0 Å². The summed E-state index contributed by atoms with van der Waals surface area (Å²) in [5.41, 5.74) is 1.35. The molecule has 0 saturated heterocycles. The number of halogens is 1. The van der Waals surface area contributed by atoms with Crippen molar-refractivity contribution in [1.82, 2.24) is 0 Å². The first-order chi connectivity index (χ1) is 6.00. The number of hydrogen-bond donors (Lipinski definition) is 0. The highest BCUT2D eigenvalue weighted by Crippen LogP contribution is 2.56. The number of hydrogen-bond acceptors (Lipinski definition) is 0. The Hall–Kier alpha value is -0.0600. The SMILES string of the molecule is CC(C)(C)P(Cl)Cc1ccccc1. The van der Waals surface area contributed by atoms with Crippen molar-refractivity contribution in [2.45, 2.75) is 32.1 Å². The first kappa shape index (κ1) is 11.0. The van der Waals surface area contributed by atoms with Crippen LogP contribution in [0.1, 0.15) is 26.3 Å². The van der Waals surface area contributed by atoms with Gasteiger partial charge in [-0.2, -0.15) is 0 Å².